The summed E-state index contributed by atoms with van der Waals surface area (Å²) < 4.78 is 75.1. The quantitative estimate of drug-likeness (QED) is 0.875. The number of rotatable bonds is 5. The Kier molecular flexibility index (Phi) is 4.54. The molecule has 22 heavy (non-hydrogen) atoms. The lowest BCUT2D eigenvalue weighted by Gasteiger charge is -2.08. The van der Waals surface area contributed by atoms with Gasteiger partial charge in [-0.1, -0.05) is 12.1 Å². The topological polar surface area (TPSA) is 93.2 Å². The van der Waals surface area contributed by atoms with E-state index in [0.29, 0.717) is 6.07 Å². The van der Waals surface area contributed by atoms with Gasteiger partial charge in [0.25, 0.3) is 10.0 Å². The molecule has 0 aliphatic heterocycles. The van der Waals surface area contributed by atoms with E-state index < -0.39 is 42.5 Å². The van der Waals surface area contributed by atoms with Crippen LogP contribution in [0.2, 0.25) is 0 Å². The first kappa shape index (κ1) is 16.5. The minimum Gasteiger partial charge on any atom is -0.243 e. The molecule has 2 rings (SSSR count). The molecule has 0 saturated carbocycles. The molecule has 0 fully saturated rings. The summed E-state index contributed by atoms with van der Waals surface area (Å²) in [5, 5.41) is -0.488. The van der Waals surface area contributed by atoms with Crippen molar-refractivity contribution < 1.29 is 25.6 Å². The second kappa shape index (κ2) is 6.07. The highest BCUT2D eigenvalue weighted by molar-refractivity contribution is 8.04. The van der Waals surface area contributed by atoms with Crippen LogP contribution in [-0.2, 0) is 25.8 Å². The van der Waals surface area contributed by atoms with Crippen molar-refractivity contribution >= 4 is 20.0 Å². The van der Waals surface area contributed by atoms with Gasteiger partial charge in [0.2, 0.25) is 10.0 Å². The standard InChI is InChI=1S/C12H10F2N2O4S2/c13-10-5-4-9(11(14)7-10)8-21(17,18)16-22(19,20)12-3-1-2-6-15-12/h1-7,16H,8H2. The molecule has 0 amide bonds. The maximum absolute atomic E-state index is 13.4. The Hall–Kier alpha value is -1.91. The third-order valence-electron chi connectivity index (χ3n) is 2.51. The predicted octanol–water partition coefficient (Wildman–Crippen LogP) is 1.17. The Bertz CT molecular complexity index is 885. The SMILES string of the molecule is O=S(=O)(Cc1ccc(F)cc1F)NS(=O)(=O)c1ccccn1. The van der Waals surface area contributed by atoms with Crippen LogP contribution in [0.15, 0.2) is 47.6 Å². The van der Waals surface area contributed by atoms with Gasteiger partial charge in [-0.3, -0.25) is 0 Å². The molecule has 0 aliphatic rings. The molecule has 0 spiro atoms. The third kappa shape index (κ3) is 4.06. The van der Waals surface area contributed by atoms with Crippen LogP contribution in [0, 0.1) is 11.6 Å². The maximum Gasteiger partial charge on any atom is 0.270 e. The van der Waals surface area contributed by atoms with Crippen molar-refractivity contribution in [1.29, 1.82) is 0 Å². The highest BCUT2D eigenvalue weighted by Crippen LogP contribution is 2.14. The van der Waals surface area contributed by atoms with Gasteiger partial charge in [-0.05, 0) is 18.2 Å². The summed E-state index contributed by atoms with van der Waals surface area (Å²) in [5.74, 6) is -2.90. The van der Waals surface area contributed by atoms with Gasteiger partial charge in [-0.2, -0.15) is 0 Å². The summed E-state index contributed by atoms with van der Waals surface area (Å²) >= 11 is 0. The average molecular weight is 348 g/mol. The van der Waals surface area contributed by atoms with E-state index in [2.05, 4.69) is 4.98 Å². The Morgan fingerprint density at radius 1 is 1.05 bits per heavy atom. The molecule has 0 radical (unpaired) electrons. The Labute approximate surface area is 125 Å². The zero-order valence-corrected chi connectivity index (χ0v) is 12.5. The van der Waals surface area contributed by atoms with Crippen molar-refractivity contribution in [1.82, 2.24) is 9.11 Å². The van der Waals surface area contributed by atoms with Gasteiger partial charge in [0.15, 0.2) is 5.03 Å². The number of benzene rings is 1. The molecule has 0 unspecified atom stereocenters. The maximum atomic E-state index is 13.4. The van der Waals surface area contributed by atoms with Crippen LogP contribution < -0.4 is 4.13 Å². The Morgan fingerprint density at radius 2 is 1.77 bits per heavy atom. The number of nitrogens with zero attached hydrogens (tertiary/aromatic N) is 1. The second-order valence-corrected chi connectivity index (χ2v) is 7.86. The molecule has 0 bridgehead atoms. The largest absolute Gasteiger partial charge is 0.270 e. The van der Waals surface area contributed by atoms with E-state index in [1.807, 2.05) is 0 Å². The molecule has 2 aromatic rings. The van der Waals surface area contributed by atoms with Gasteiger partial charge in [-0.25, -0.2) is 30.6 Å². The normalized spacial score (nSPS) is 12.3. The fourth-order valence-corrected chi connectivity index (χ4v) is 4.60. The van der Waals surface area contributed by atoms with Crippen molar-refractivity contribution in [3.63, 3.8) is 0 Å². The minimum absolute atomic E-state index is 0.356. The third-order valence-corrected chi connectivity index (χ3v) is 5.89. The van der Waals surface area contributed by atoms with Gasteiger partial charge in [0, 0.05) is 17.8 Å². The number of sulfonamides is 2. The van der Waals surface area contributed by atoms with Crippen LogP contribution in [0.1, 0.15) is 5.56 Å². The van der Waals surface area contributed by atoms with E-state index in [1.54, 1.807) is 0 Å². The van der Waals surface area contributed by atoms with E-state index in [4.69, 9.17) is 0 Å². The molecule has 0 atom stereocenters. The average Bonchev–Trinajstić information content (AvgIpc) is 2.42. The van der Waals surface area contributed by atoms with E-state index in [-0.39, 0.29) is 5.56 Å². The molecule has 1 N–H and O–H groups in total. The number of pyridine rings is 1. The summed E-state index contributed by atoms with van der Waals surface area (Å²) in [4.78, 5) is 3.53. The molecule has 0 aliphatic carbocycles. The van der Waals surface area contributed by atoms with Crippen LogP contribution in [-0.4, -0.2) is 21.8 Å². The van der Waals surface area contributed by atoms with E-state index in [9.17, 15) is 25.6 Å². The van der Waals surface area contributed by atoms with Gasteiger partial charge in [0.1, 0.15) is 11.6 Å². The summed E-state index contributed by atoms with van der Waals surface area (Å²) in [5.41, 5.74) is -0.356. The summed E-state index contributed by atoms with van der Waals surface area (Å²) in [6, 6.07) is 6.25. The molecule has 1 aromatic heterocycles. The van der Waals surface area contributed by atoms with Crippen molar-refractivity contribution in [3.05, 3.63) is 59.8 Å². The van der Waals surface area contributed by atoms with Crippen molar-refractivity contribution in [2.45, 2.75) is 10.8 Å². The number of nitrogens with one attached hydrogen (secondary N) is 1. The van der Waals surface area contributed by atoms with Crippen LogP contribution in [0.5, 0.6) is 0 Å². The highest BCUT2D eigenvalue weighted by atomic mass is 32.3. The minimum atomic E-state index is -4.42. The summed E-state index contributed by atoms with van der Waals surface area (Å²) in [6.07, 6.45) is 1.18. The molecule has 118 valence electrons. The molecule has 1 heterocycles. The number of hydrogen-bond acceptors (Lipinski definition) is 5. The van der Waals surface area contributed by atoms with E-state index in [1.165, 1.54) is 22.5 Å². The smallest absolute Gasteiger partial charge is 0.243 e. The Balaban J connectivity index is 2.25. The van der Waals surface area contributed by atoms with E-state index >= 15 is 0 Å². The lowest BCUT2D eigenvalue weighted by atomic mass is 10.2. The predicted molar refractivity (Wildman–Crippen MR) is 73.5 cm³/mol. The van der Waals surface area contributed by atoms with Crippen molar-refractivity contribution in [3.8, 4) is 0 Å². The fraction of sp³-hybridized carbons (Fsp3) is 0.0833. The fourth-order valence-electron chi connectivity index (χ4n) is 1.59. The molecule has 1 aromatic carbocycles. The number of halogens is 2. The molecule has 0 saturated heterocycles. The van der Waals surface area contributed by atoms with Crippen LogP contribution >= 0.6 is 0 Å². The van der Waals surface area contributed by atoms with Gasteiger partial charge in [0.05, 0.1) is 5.75 Å². The first-order valence-corrected chi connectivity index (χ1v) is 8.94. The molecule has 10 heteroatoms. The lowest BCUT2D eigenvalue weighted by Crippen LogP contribution is -2.32. The van der Waals surface area contributed by atoms with Crippen LogP contribution in [0.3, 0.4) is 0 Å². The first-order valence-electron chi connectivity index (χ1n) is 5.81. The van der Waals surface area contributed by atoms with Crippen LogP contribution in [0.4, 0.5) is 8.78 Å². The monoisotopic (exact) mass is 348 g/mol. The molecule has 6 nitrogen and oxygen atoms in total. The lowest BCUT2D eigenvalue weighted by molar-refractivity contribution is 0.563. The zero-order valence-electron chi connectivity index (χ0n) is 10.9. The Morgan fingerprint density at radius 3 is 2.36 bits per heavy atom. The molecular weight excluding hydrogens is 338 g/mol. The summed E-state index contributed by atoms with van der Waals surface area (Å²) in [6.45, 7) is 0. The van der Waals surface area contributed by atoms with Crippen LogP contribution in [0.25, 0.3) is 0 Å². The molecular formula is C12H10F2N2O4S2. The van der Waals surface area contributed by atoms with Gasteiger partial charge >= 0.3 is 0 Å². The number of aromatic nitrogens is 1. The van der Waals surface area contributed by atoms with E-state index in [0.717, 1.165) is 18.2 Å². The van der Waals surface area contributed by atoms with Gasteiger partial charge < -0.3 is 0 Å². The van der Waals surface area contributed by atoms with Crippen molar-refractivity contribution in [2.75, 3.05) is 0 Å². The zero-order chi connectivity index (χ0) is 16.4. The second-order valence-electron chi connectivity index (χ2n) is 4.25. The number of hydrogen-bond donors (Lipinski definition) is 1. The van der Waals surface area contributed by atoms with Crippen molar-refractivity contribution in [2.24, 2.45) is 0 Å². The van der Waals surface area contributed by atoms with Gasteiger partial charge in [-0.15, -0.1) is 4.13 Å². The first-order chi connectivity index (χ1) is 10.2. The highest BCUT2D eigenvalue weighted by Gasteiger charge is 2.25. The summed E-state index contributed by atoms with van der Waals surface area (Å²) in [7, 11) is -8.82.